The van der Waals surface area contributed by atoms with Gasteiger partial charge in [-0.25, -0.2) is 0 Å². The van der Waals surface area contributed by atoms with Crippen LogP contribution in [0.25, 0.3) is 6.08 Å². The number of para-hydroxylation sites is 1. The molecule has 3 aromatic carbocycles. The fourth-order valence-corrected chi connectivity index (χ4v) is 5.20. The van der Waals surface area contributed by atoms with Gasteiger partial charge >= 0.3 is 0 Å². The van der Waals surface area contributed by atoms with E-state index < -0.39 is 34.7 Å². The molecule has 5 rings (SSSR count). The van der Waals surface area contributed by atoms with Crippen molar-refractivity contribution in [3.8, 4) is 5.75 Å². The van der Waals surface area contributed by atoms with Crippen molar-refractivity contribution in [1.29, 1.82) is 0 Å². The van der Waals surface area contributed by atoms with E-state index in [-0.39, 0.29) is 16.2 Å². The van der Waals surface area contributed by atoms with Crippen LogP contribution in [-0.4, -0.2) is 40.9 Å². The van der Waals surface area contributed by atoms with Gasteiger partial charge in [0.25, 0.3) is 5.69 Å². The molecule has 0 spiro atoms. The van der Waals surface area contributed by atoms with E-state index in [0.717, 1.165) is 5.56 Å². The Bertz CT molecular complexity index is 1350. The average Bonchev–Trinajstić information content (AvgIpc) is 3.24. The molecule has 9 nitrogen and oxygen atoms in total. The molecular weight excluding hydrogens is 450 g/mol. The quantitative estimate of drug-likeness (QED) is 0.295. The van der Waals surface area contributed by atoms with E-state index in [1.807, 2.05) is 30.3 Å². The van der Waals surface area contributed by atoms with Crippen molar-refractivity contribution in [2.75, 3.05) is 12.0 Å². The number of hydrogen-bond acceptors (Lipinski definition) is 7. The molecule has 0 bridgehead atoms. The van der Waals surface area contributed by atoms with E-state index >= 15 is 0 Å². The molecule has 0 amide bonds. The first-order valence-corrected chi connectivity index (χ1v) is 11.0. The predicted molar refractivity (Wildman–Crippen MR) is 129 cm³/mol. The third kappa shape index (κ3) is 3.71. The largest absolute Gasteiger partial charge is 0.497 e. The molecule has 2 heterocycles. The lowest BCUT2D eigenvalue weighted by atomic mass is 9.83. The fraction of sp³-hybridized carbons (Fsp3) is 0.192. The molecule has 1 saturated heterocycles. The monoisotopic (exact) mass is 471 g/mol. The van der Waals surface area contributed by atoms with Crippen molar-refractivity contribution in [1.82, 2.24) is 0 Å². The van der Waals surface area contributed by atoms with Crippen LogP contribution in [0.15, 0.2) is 78.9 Å². The molecule has 35 heavy (non-hydrogen) atoms. The van der Waals surface area contributed by atoms with Gasteiger partial charge in [-0.15, -0.1) is 0 Å². The number of methoxy groups -OCH3 is 1. The van der Waals surface area contributed by atoms with Crippen LogP contribution in [0.3, 0.4) is 0 Å². The number of fused-ring (bicyclic) bond motifs is 3. The second-order valence-electron chi connectivity index (χ2n) is 8.51. The number of benzene rings is 3. The van der Waals surface area contributed by atoms with E-state index in [2.05, 4.69) is 0 Å². The number of rotatable bonds is 6. The summed E-state index contributed by atoms with van der Waals surface area (Å²) in [6, 6.07) is 17.1. The number of ether oxygens (including phenoxy) is 1. The van der Waals surface area contributed by atoms with Crippen LogP contribution < -0.4 is 9.64 Å². The SMILES string of the molecule is COc1ccc([C@H]2[C@@H]([N+](=O)[O-])[C@@H]3C=Cc4ccccc4N3[C@H]2C(=O)c2cccc([N+](=O)[O-])c2)cc1. The zero-order valence-electron chi connectivity index (χ0n) is 18.7. The second kappa shape index (κ2) is 8.68. The lowest BCUT2D eigenvalue weighted by Crippen LogP contribution is -2.44. The Morgan fingerprint density at radius 3 is 2.40 bits per heavy atom. The zero-order chi connectivity index (χ0) is 24.7. The van der Waals surface area contributed by atoms with E-state index in [0.29, 0.717) is 17.0 Å². The van der Waals surface area contributed by atoms with Crippen LogP contribution >= 0.6 is 0 Å². The Hall–Kier alpha value is -4.53. The maximum atomic E-state index is 14.0. The summed E-state index contributed by atoms with van der Waals surface area (Å²) in [6.45, 7) is 0. The van der Waals surface area contributed by atoms with Crippen molar-refractivity contribution < 1.29 is 19.4 Å². The van der Waals surface area contributed by atoms with Crippen LogP contribution in [0.2, 0.25) is 0 Å². The molecule has 176 valence electrons. The molecule has 0 saturated carbocycles. The molecule has 0 aromatic heterocycles. The molecule has 9 heteroatoms. The Balaban J connectivity index is 1.70. The van der Waals surface area contributed by atoms with Crippen molar-refractivity contribution >= 4 is 23.2 Å². The zero-order valence-corrected chi connectivity index (χ0v) is 18.7. The number of hydrogen-bond donors (Lipinski definition) is 0. The summed E-state index contributed by atoms with van der Waals surface area (Å²) in [5, 5.41) is 23.8. The number of carbonyl (C=O) groups excluding carboxylic acids is 1. The molecule has 0 radical (unpaired) electrons. The molecule has 0 aliphatic carbocycles. The number of ketones is 1. The van der Waals surface area contributed by atoms with Gasteiger partial charge in [0, 0.05) is 28.3 Å². The highest BCUT2D eigenvalue weighted by Gasteiger charge is 2.59. The van der Waals surface area contributed by atoms with Crippen LogP contribution in [0.5, 0.6) is 5.75 Å². The first kappa shape index (κ1) is 22.3. The van der Waals surface area contributed by atoms with Gasteiger partial charge in [-0.2, -0.15) is 0 Å². The lowest BCUT2D eigenvalue weighted by Gasteiger charge is -2.34. The van der Waals surface area contributed by atoms with Crippen LogP contribution in [0.4, 0.5) is 11.4 Å². The number of nitro benzene ring substituents is 1. The number of carbonyl (C=O) groups is 1. The van der Waals surface area contributed by atoms with E-state index in [4.69, 9.17) is 4.74 Å². The summed E-state index contributed by atoms with van der Waals surface area (Å²) in [6.07, 6.45) is 3.62. The second-order valence-corrected chi connectivity index (χ2v) is 8.51. The third-order valence-electron chi connectivity index (χ3n) is 6.72. The lowest BCUT2D eigenvalue weighted by molar-refractivity contribution is -0.524. The molecule has 2 aliphatic heterocycles. The maximum absolute atomic E-state index is 14.0. The molecule has 0 unspecified atom stereocenters. The van der Waals surface area contributed by atoms with E-state index in [9.17, 15) is 25.0 Å². The van der Waals surface area contributed by atoms with Gasteiger partial charge in [0.05, 0.1) is 18.0 Å². The summed E-state index contributed by atoms with van der Waals surface area (Å²) >= 11 is 0. The minimum absolute atomic E-state index is 0.137. The van der Waals surface area contributed by atoms with Crippen LogP contribution in [0, 0.1) is 20.2 Å². The fourth-order valence-electron chi connectivity index (χ4n) is 5.20. The standard InChI is InChI=1S/C26H21N3O6/c1-35-20-12-9-17(10-13-20)23-24(29(33)34)22-14-11-16-5-2-3-8-21(16)27(22)25(23)26(30)18-6-4-7-19(15-18)28(31)32/h2-15,22-25H,1H3/t22-,23-,24-,25+/m0/s1. The summed E-state index contributed by atoms with van der Waals surface area (Å²) in [4.78, 5) is 38.7. The number of Topliss-reactive ketones (excluding diaryl/α,β-unsaturated/α-hetero) is 1. The smallest absolute Gasteiger partial charge is 0.270 e. The first-order chi connectivity index (χ1) is 16.9. The van der Waals surface area contributed by atoms with Gasteiger partial charge < -0.3 is 9.64 Å². The Labute approximate surface area is 200 Å². The number of non-ortho nitro benzene ring substituents is 1. The summed E-state index contributed by atoms with van der Waals surface area (Å²) in [5.74, 6) is -0.619. The normalized spacial score (nSPS) is 22.3. The Morgan fingerprint density at radius 1 is 0.971 bits per heavy atom. The van der Waals surface area contributed by atoms with Gasteiger partial charge in [-0.1, -0.05) is 54.6 Å². The van der Waals surface area contributed by atoms with Gasteiger partial charge in [0.15, 0.2) is 5.78 Å². The maximum Gasteiger partial charge on any atom is 0.270 e. The van der Waals surface area contributed by atoms with E-state index in [1.165, 1.54) is 31.4 Å². The van der Waals surface area contributed by atoms with Crippen LogP contribution in [0.1, 0.15) is 27.4 Å². The number of nitro groups is 2. The number of nitrogens with zero attached hydrogens (tertiary/aromatic N) is 3. The minimum Gasteiger partial charge on any atom is -0.497 e. The third-order valence-corrected chi connectivity index (χ3v) is 6.72. The van der Waals surface area contributed by atoms with Crippen molar-refractivity contribution in [2.45, 2.75) is 24.0 Å². The van der Waals surface area contributed by atoms with Crippen LogP contribution in [-0.2, 0) is 0 Å². The first-order valence-electron chi connectivity index (χ1n) is 11.0. The molecule has 4 atom stereocenters. The minimum atomic E-state index is -1.11. The Kier molecular flexibility index (Phi) is 5.52. The van der Waals surface area contributed by atoms with Gasteiger partial charge in [0.2, 0.25) is 6.04 Å². The van der Waals surface area contributed by atoms with Gasteiger partial charge in [-0.3, -0.25) is 25.0 Å². The molecule has 3 aromatic rings. The summed E-state index contributed by atoms with van der Waals surface area (Å²) in [5.41, 5.74) is 2.11. The topological polar surface area (TPSA) is 116 Å². The highest BCUT2D eigenvalue weighted by molar-refractivity contribution is 6.04. The predicted octanol–water partition coefficient (Wildman–Crippen LogP) is 4.50. The van der Waals surface area contributed by atoms with Gasteiger partial charge in [-0.05, 0) is 29.3 Å². The molecular formula is C26H21N3O6. The summed E-state index contributed by atoms with van der Waals surface area (Å²) < 4.78 is 5.24. The average molecular weight is 471 g/mol. The van der Waals surface area contributed by atoms with Crippen molar-refractivity contribution in [3.05, 3.63) is 116 Å². The summed E-state index contributed by atoms with van der Waals surface area (Å²) in [7, 11) is 1.53. The van der Waals surface area contributed by atoms with E-state index in [1.54, 1.807) is 35.2 Å². The van der Waals surface area contributed by atoms with Gasteiger partial charge in [0.1, 0.15) is 17.8 Å². The van der Waals surface area contributed by atoms with Crippen molar-refractivity contribution in [2.24, 2.45) is 0 Å². The molecule has 2 aliphatic rings. The molecule has 0 N–H and O–H groups in total. The molecule has 1 fully saturated rings. The highest BCUT2D eigenvalue weighted by Crippen LogP contribution is 2.47. The van der Waals surface area contributed by atoms with Crippen molar-refractivity contribution in [3.63, 3.8) is 0 Å². The number of anilines is 1. The highest BCUT2D eigenvalue weighted by atomic mass is 16.6. The Morgan fingerprint density at radius 2 is 1.71 bits per heavy atom.